The third-order valence-corrected chi connectivity index (χ3v) is 5.12. The van der Waals surface area contributed by atoms with Gasteiger partial charge < -0.3 is 0 Å². The van der Waals surface area contributed by atoms with Crippen LogP contribution in [0.2, 0.25) is 0 Å². The Hall–Kier alpha value is -2.14. The van der Waals surface area contributed by atoms with E-state index < -0.39 is 15.9 Å². The summed E-state index contributed by atoms with van der Waals surface area (Å²) >= 11 is 0. The lowest BCUT2D eigenvalue weighted by Crippen LogP contribution is -2.36. The lowest BCUT2D eigenvalue weighted by Gasteiger charge is -2.22. The van der Waals surface area contributed by atoms with Gasteiger partial charge in [-0.05, 0) is 38.1 Å². The van der Waals surface area contributed by atoms with Crippen LogP contribution < -0.4 is 4.31 Å². The van der Waals surface area contributed by atoms with Gasteiger partial charge in [-0.1, -0.05) is 42.3 Å². The van der Waals surface area contributed by atoms with E-state index in [4.69, 9.17) is 0 Å². The number of aryl methyl sites for hydroxylation is 2. The molecule has 0 aliphatic heterocycles. The molecule has 4 nitrogen and oxygen atoms in total. The molecule has 0 saturated heterocycles. The Morgan fingerprint density at radius 1 is 0.909 bits per heavy atom. The number of sulfonamides is 1. The Balaban J connectivity index is 2.55. The molecule has 2 aromatic rings. The Bertz CT molecular complexity index is 763. The highest BCUT2D eigenvalue weighted by Crippen LogP contribution is 2.25. The van der Waals surface area contributed by atoms with Crippen molar-refractivity contribution in [2.24, 2.45) is 0 Å². The predicted molar refractivity (Wildman–Crippen MR) is 87.3 cm³/mol. The summed E-state index contributed by atoms with van der Waals surface area (Å²) in [6.07, 6.45) is 0.110. The molecule has 0 aliphatic rings. The zero-order valence-corrected chi connectivity index (χ0v) is 13.7. The third-order valence-electron chi connectivity index (χ3n) is 3.36. The molecule has 1 amide bonds. The molecule has 22 heavy (non-hydrogen) atoms. The molecule has 2 aromatic carbocycles. The smallest absolute Gasteiger partial charge is 0.270 e. The first-order valence-corrected chi connectivity index (χ1v) is 8.51. The Morgan fingerprint density at radius 3 is 1.82 bits per heavy atom. The molecule has 116 valence electrons. The zero-order valence-electron chi connectivity index (χ0n) is 12.9. The Labute approximate surface area is 131 Å². The predicted octanol–water partition coefficient (Wildman–Crippen LogP) is 3.44. The molecule has 0 fully saturated rings. The molecule has 0 heterocycles. The van der Waals surface area contributed by atoms with Crippen LogP contribution >= 0.6 is 0 Å². The minimum atomic E-state index is -3.91. The van der Waals surface area contributed by atoms with Crippen molar-refractivity contribution in [1.82, 2.24) is 0 Å². The normalized spacial score (nSPS) is 11.2. The number of benzene rings is 2. The number of anilines is 1. The van der Waals surface area contributed by atoms with E-state index in [1.54, 1.807) is 43.3 Å². The van der Waals surface area contributed by atoms with E-state index >= 15 is 0 Å². The molecule has 0 aromatic heterocycles. The maximum absolute atomic E-state index is 12.8. The summed E-state index contributed by atoms with van der Waals surface area (Å²) < 4.78 is 26.6. The van der Waals surface area contributed by atoms with Crippen molar-refractivity contribution in [3.8, 4) is 0 Å². The second kappa shape index (κ2) is 6.32. The number of amides is 1. The van der Waals surface area contributed by atoms with Gasteiger partial charge in [-0.3, -0.25) is 4.79 Å². The molecule has 0 atom stereocenters. The molecule has 0 N–H and O–H groups in total. The van der Waals surface area contributed by atoms with Gasteiger partial charge in [0, 0.05) is 6.42 Å². The first kappa shape index (κ1) is 16.2. The van der Waals surface area contributed by atoms with E-state index in [1.165, 1.54) is 12.1 Å². The lowest BCUT2D eigenvalue weighted by atomic mass is 10.2. The fourth-order valence-electron chi connectivity index (χ4n) is 2.06. The largest absolute Gasteiger partial charge is 0.273 e. The molecule has 0 radical (unpaired) electrons. The van der Waals surface area contributed by atoms with Crippen LogP contribution in [0.5, 0.6) is 0 Å². The highest BCUT2D eigenvalue weighted by Gasteiger charge is 2.29. The van der Waals surface area contributed by atoms with Gasteiger partial charge >= 0.3 is 0 Å². The molecular weight excluding hydrogens is 298 g/mol. The first-order valence-electron chi connectivity index (χ1n) is 7.07. The molecule has 0 spiro atoms. The fourth-order valence-corrected chi connectivity index (χ4v) is 3.54. The summed E-state index contributed by atoms with van der Waals surface area (Å²) in [6.45, 7) is 5.43. The van der Waals surface area contributed by atoms with Crippen molar-refractivity contribution >= 4 is 21.6 Å². The number of rotatable bonds is 4. The van der Waals surface area contributed by atoms with Crippen molar-refractivity contribution in [1.29, 1.82) is 0 Å². The number of hydrogen-bond acceptors (Lipinski definition) is 3. The van der Waals surface area contributed by atoms with Crippen molar-refractivity contribution in [3.05, 3.63) is 59.7 Å². The van der Waals surface area contributed by atoms with E-state index in [9.17, 15) is 13.2 Å². The second-order valence-corrected chi connectivity index (χ2v) is 6.95. The Kier molecular flexibility index (Phi) is 4.66. The van der Waals surface area contributed by atoms with Crippen LogP contribution in [0.3, 0.4) is 0 Å². The summed E-state index contributed by atoms with van der Waals surface area (Å²) in [7, 11) is -3.91. The standard InChI is InChI=1S/C17H19NO3S/c1-4-17(19)18(15-9-5-13(2)6-10-15)22(20,21)16-11-7-14(3)8-12-16/h5-12H,4H2,1-3H3. The fraction of sp³-hybridized carbons (Fsp3) is 0.235. The van der Waals surface area contributed by atoms with E-state index in [-0.39, 0.29) is 11.3 Å². The van der Waals surface area contributed by atoms with Crippen LogP contribution in [0.15, 0.2) is 53.4 Å². The van der Waals surface area contributed by atoms with E-state index in [1.807, 2.05) is 13.8 Å². The van der Waals surface area contributed by atoms with Gasteiger partial charge in [-0.25, -0.2) is 12.7 Å². The second-order valence-electron chi connectivity index (χ2n) is 5.17. The highest BCUT2D eigenvalue weighted by atomic mass is 32.2. The van der Waals surface area contributed by atoms with Crippen molar-refractivity contribution in [3.63, 3.8) is 0 Å². The van der Waals surface area contributed by atoms with E-state index in [0.29, 0.717) is 5.69 Å². The van der Waals surface area contributed by atoms with Crippen LogP contribution in [0, 0.1) is 13.8 Å². The van der Waals surface area contributed by atoms with Gasteiger partial charge in [-0.2, -0.15) is 0 Å². The lowest BCUT2D eigenvalue weighted by molar-refractivity contribution is -0.117. The quantitative estimate of drug-likeness (QED) is 0.868. The number of carbonyl (C=O) groups is 1. The number of carbonyl (C=O) groups excluding carboxylic acids is 1. The molecule has 0 saturated carbocycles. The third kappa shape index (κ3) is 3.20. The van der Waals surface area contributed by atoms with Crippen LogP contribution in [-0.2, 0) is 14.8 Å². The van der Waals surface area contributed by atoms with Crippen molar-refractivity contribution in [2.75, 3.05) is 4.31 Å². The molecular formula is C17H19NO3S. The Morgan fingerprint density at radius 2 is 1.36 bits per heavy atom. The van der Waals surface area contributed by atoms with Crippen LogP contribution in [0.1, 0.15) is 24.5 Å². The van der Waals surface area contributed by atoms with Gasteiger partial charge in [0.15, 0.2) is 0 Å². The van der Waals surface area contributed by atoms with Crippen LogP contribution in [-0.4, -0.2) is 14.3 Å². The minimum absolute atomic E-state index is 0.110. The highest BCUT2D eigenvalue weighted by molar-refractivity contribution is 7.93. The van der Waals surface area contributed by atoms with E-state index in [2.05, 4.69) is 0 Å². The van der Waals surface area contributed by atoms with Gasteiger partial charge in [0.1, 0.15) is 0 Å². The summed E-state index contributed by atoms with van der Waals surface area (Å²) in [5, 5.41) is 0. The van der Waals surface area contributed by atoms with Gasteiger partial charge in [-0.15, -0.1) is 0 Å². The summed E-state index contributed by atoms with van der Waals surface area (Å²) in [5.41, 5.74) is 2.32. The molecule has 5 heteroatoms. The molecule has 2 rings (SSSR count). The first-order chi connectivity index (χ1) is 10.4. The van der Waals surface area contributed by atoms with Crippen molar-refractivity contribution < 1.29 is 13.2 Å². The summed E-state index contributed by atoms with van der Waals surface area (Å²) in [5.74, 6) is -0.454. The number of hydrogen-bond donors (Lipinski definition) is 0. The maximum Gasteiger partial charge on any atom is 0.270 e. The zero-order chi connectivity index (χ0) is 16.3. The maximum atomic E-state index is 12.8. The van der Waals surface area contributed by atoms with E-state index in [0.717, 1.165) is 15.4 Å². The molecule has 0 unspecified atom stereocenters. The SMILES string of the molecule is CCC(=O)N(c1ccc(C)cc1)S(=O)(=O)c1ccc(C)cc1. The van der Waals surface area contributed by atoms with Gasteiger partial charge in [0.05, 0.1) is 10.6 Å². The average Bonchev–Trinajstić information content (AvgIpc) is 2.49. The summed E-state index contributed by atoms with van der Waals surface area (Å²) in [4.78, 5) is 12.3. The van der Waals surface area contributed by atoms with Crippen LogP contribution in [0.4, 0.5) is 5.69 Å². The van der Waals surface area contributed by atoms with Crippen LogP contribution in [0.25, 0.3) is 0 Å². The average molecular weight is 317 g/mol. The molecule has 0 aliphatic carbocycles. The van der Waals surface area contributed by atoms with Gasteiger partial charge in [0.25, 0.3) is 10.0 Å². The number of nitrogens with zero attached hydrogens (tertiary/aromatic N) is 1. The monoisotopic (exact) mass is 317 g/mol. The molecule has 0 bridgehead atoms. The van der Waals surface area contributed by atoms with Gasteiger partial charge in [0.2, 0.25) is 5.91 Å². The minimum Gasteiger partial charge on any atom is -0.273 e. The summed E-state index contributed by atoms with van der Waals surface area (Å²) in [6, 6.07) is 13.4. The topological polar surface area (TPSA) is 54.5 Å². The van der Waals surface area contributed by atoms with Crippen molar-refractivity contribution in [2.45, 2.75) is 32.1 Å².